The molecule has 0 radical (unpaired) electrons. The lowest BCUT2D eigenvalue weighted by Gasteiger charge is -2.20. The number of rotatable bonds is 2. The molecule has 1 N–H and O–H groups in total. The van der Waals surface area contributed by atoms with Crippen molar-refractivity contribution in [3.05, 3.63) is 0 Å². The molecule has 0 spiro atoms. The summed E-state index contributed by atoms with van der Waals surface area (Å²) in [6, 6.07) is 0. The summed E-state index contributed by atoms with van der Waals surface area (Å²) in [5.74, 6) is -0.416. The fourth-order valence-corrected chi connectivity index (χ4v) is 1.77. The summed E-state index contributed by atoms with van der Waals surface area (Å²) in [5, 5.41) is 11.7. The Labute approximate surface area is 77.6 Å². The van der Waals surface area contributed by atoms with Crippen LogP contribution in [-0.2, 0) is 9.53 Å². The van der Waals surface area contributed by atoms with E-state index in [4.69, 9.17) is 5.21 Å². The van der Waals surface area contributed by atoms with Gasteiger partial charge >= 0.3 is 5.97 Å². The van der Waals surface area contributed by atoms with Gasteiger partial charge in [-0.05, 0) is 12.8 Å². The monoisotopic (exact) mass is 185 g/mol. The molecule has 1 aliphatic rings. The van der Waals surface area contributed by atoms with E-state index in [0.717, 1.165) is 25.7 Å². The minimum Gasteiger partial charge on any atom is -0.464 e. The largest absolute Gasteiger partial charge is 0.464 e. The van der Waals surface area contributed by atoms with Crippen LogP contribution in [0.2, 0.25) is 0 Å². The highest BCUT2D eigenvalue weighted by molar-refractivity contribution is 6.37. The van der Waals surface area contributed by atoms with E-state index in [1.54, 1.807) is 0 Å². The van der Waals surface area contributed by atoms with Gasteiger partial charge in [-0.25, -0.2) is 4.79 Å². The molecule has 0 saturated heterocycles. The van der Waals surface area contributed by atoms with E-state index >= 15 is 0 Å². The van der Waals surface area contributed by atoms with Crippen molar-refractivity contribution in [1.82, 2.24) is 0 Å². The number of ether oxygens (including phenoxy) is 1. The van der Waals surface area contributed by atoms with Gasteiger partial charge in [0.1, 0.15) is 0 Å². The molecule has 0 amide bonds. The van der Waals surface area contributed by atoms with Crippen LogP contribution in [0, 0.1) is 5.92 Å². The van der Waals surface area contributed by atoms with Gasteiger partial charge in [0.15, 0.2) is 5.71 Å². The maximum Gasteiger partial charge on any atom is 0.356 e. The van der Waals surface area contributed by atoms with Crippen LogP contribution in [0.3, 0.4) is 0 Å². The maximum absolute atomic E-state index is 11.1. The van der Waals surface area contributed by atoms with E-state index in [1.807, 2.05) is 0 Å². The molecule has 1 rings (SSSR count). The lowest BCUT2D eigenvalue weighted by Crippen LogP contribution is -2.27. The summed E-state index contributed by atoms with van der Waals surface area (Å²) in [6.45, 7) is 0. The van der Waals surface area contributed by atoms with Crippen LogP contribution in [0.5, 0.6) is 0 Å². The van der Waals surface area contributed by atoms with Crippen molar-refractivity contribution in [1.29, 1.82) is 0 Å². The van der Waals surface area contributed by atoms with Gasteiger partial charge in [0, 0.05) is 5.92 Å². The molecule has 4 nitrogen and oxygen atoms in total. The quantitative estimate of drug-likeness (QED) is 0.307. The number of nitrogens with zero attached hydrogens (tertiary/aromatic N) is 1. The van der Waals surface area contributed by atoms with Crippen molar-refractivity contribution >= 4 is 11.7 Å². The smallest absolute Gasteiger partial charge is 0.356 e. The van der Waals surface area contributed by atoms with Crippen molar-refractivity contribution in [3.63, 3.8) is 0 Å². The van der Waals surface area contributed by atoms with E-state index in [0.29, 0.717) is 0 Å². The van der Waals surface area contributed by atoms with Gasteiger partial charge in [0.05, 0.1) is 7.11 Å². The van der Waals surface area contributed by atoms with E-state index in [9.17, 15) is 4.79 Å². The summed E-state index contributed by atoms with van der Waals surface area (Å²) in [4.78, 5) is 11.1. The Morgan fingerprint density at radius 2 is 2.00 bits per heavy atom. The normalized spacial score (nSPS) is 19.9. The Morgan fingerprint density at radius 1 is 1.38 bits per heavy atom. The molecule has 0 bridgehead atoms. The number of carbonyl (C=O) groups is 1. The van der Waals surface area contributed by atoms with Crippen molar-refractivity contribution < 1.29 is 14.7 Å². The highest BCUT2D eigenvalue weighted by Crippen LogP contribution is 2.25. The number of carbonyl (C=O) groups excluding carboxylic acids is 1. The molecule has 0 heterocycles. The van der Waals surface area contributed by atoms with Crippen molar-refractivity contribution in [2.75, 3.05) is 7.11 Å². The molecule has 0 unspecified atom stereocenters. The molecule has 0 atom stereocenters. The number of oxime groups is 1. The third-order valence-electron chi connectivity index (χ3n) is 2.49. The Balaban J connectivity index is 2.60. The van der Waals surface area contributed by atoms with E-state index in [1.165, 1.54) is 13.5 Å². The second kappa shape index (κ2) is 4.84. The van der Waals surface area contributed by atoms with Gasteiger partial charge < -0.3 is 9.94 Å². The number of esters is 1. The molecule has 1 fully saturated rings. The van der Waals surface area contributed by atoms with Crippen molar-refractivity contribution in [3.8, 4) is 0 Å². The Morgan fingerprint density at radius 3 is 2.46 bits per heavy atom. The van der Waals surface area contributed by atoms with Crippen molar-refractivity contribution in [2.24, 2.45) is 11.1 Å². The zero-order valence-corrected chi connectivity index (χ0v) is 7.82. The second-order valence-corrected chi connectivity index (χ2v) is 3.31. The summed E-state index contributed by atoms with van der Waals surface area (Å²) < 4.78 is 4.53. The minimum atomic E-state index is -0.505. The molecular weight excluding hydrogens is 170 g/mol. The highest BCUT2D eigenvalue weighted by Gasteiger charge is 2.25. The SMILES string of the molecule is COC(=O)/C(=N/O)C1CCCCC1. The van der Waals surface area contributed by atoms with E-state index in [-0.39, 0.29) is 11.6 Å². The van der Waals surface area contributed by atoms with Crippen LogP contribution in [0.25, 0.3) is 0 Å². The van der Waals surface area contributed by atoms with Crippen LogP contribution in [0.15, 0.2) is 5.16 Å². The molecule has 4 heteroatoms. The topological polar surface area (TPSA) is 58.9 Å². The summed E-state index contributed by atoms with van der Waals surface area (Å²) >= 11 is 0. The zero-order chi connectivity index (χ0) is 9.68. The Hall–Kier alpha value is -1.06. The zero-order valence-electron chi connectivity index (χ0n) is 7.82. The third-order valence-corrected chi connectivity index (χ3v) is 2.49. The predicted molar refractivity (Wildman–Crippen MR) is 47.8 cm³/mol. The fourth-order valence-electron chi connectivity index (χ4n) is 1.77. The molecule has 13 heavy (non-hydrogen) atoms. The molecule has 1 saturated carbocycles. The van der Waals surface area contributed by atoms with Gasteiger partial charge in [-0.1, -0.05) is 24.4 Å². The van der Waals surface area contributed by atoms with Gasteiger partial charge in [-0.3, -0.25) is 0 Å². The third kappa shape index (κ3) is 2.44. The first-order valence-corrected chi connectivity index (χ1v) is 4.60. The van der Waals surface area contributed by atoms with E-state index in [2.05, 4.69) is 9.89 Å². The molecule has 0 aromatic rings. The lowest BCUT2D eigenvalue weighted by atomic mass is 9.86. The number of methoxy groups -OCH3 is 1. The van der Waals surface area contributed by atoms with Gasteiger partial charge in [0.25, 0.3) is 0 Å². The summed E-state index contributed by atoms with van der Waals surface area (Å²) in [7, 11) is 1.30. The minimum absolute atomic E-state index is 0.0891. The van der Waals surface area contributed by atoms with Crippen LogP contribution in [0.4, 0.5) is 0 Å². The predicted octanol–water partition coefficient (Wildman–Crippen LogP) is 1.57. The van der Waals surface area contributed by atoms with Crippen LogP contribution in [-0.4, -0.2) is 24.0 Å². The Kier molecular flexibility index (Phi) is 3.73. The number of hydrogen-bond donors (Lipinski definition) is 1. The molecule has 74 valence electrons. The van der Waals surface area contributed by atoms with E-state index < -0.39 is 5.97 Å². The molecule has 1 aliphatic carbocycles. The summed E-state index contributed by atoms with van der Waals surface area (Å²) in [5.41, 5.74) is 0.183. The standard InChI is InChI=1S/C9H15NO3/c1-13-9(11)8(10-12)7-5-3-2-4-6-7/h7,12H,2-6H2,1H3/b10-8+. The van der Waals surface area contributed by atoms with Crippen molar-refractivity contribution in [2.45, 2.75) is 32.1 Å². The molecular formula is C9H15NO3. The first-order valence-electron chi connectivity index (χ1n) is 4.60. The van der Waals surface area contributed by atoms with Gasteiger partial charge in [-0.2, -0.15) is 0 Å². The first kappa shape index (κ1) is 10.0. The lowest BCUT2D eigenvalue weighted by molar-refractivity contribution is -0.133. The van der Waals surface area contributed by atoms with Crippen LogP contribution >= 0.6 is 0 Å². The van der Waals surface area contributed by atoms with Gasteiger partial charge in [-0.15, -0.1) is 0 Å². The second-order valence-electron chi connectivity index (χ2n) is 3.31. The first-order chi connectivity index (χ1) is 6.29. The summed E-state index contributed by atoms with van der Waals surface area (Å²) in [6.07, 6.45) is 5.25. The molecule has 0 aromatic heterocycles. The van der Waals surface area contributed by atoms with Crippen LogP contribution < -0.4 is 0 Å². The fraction of sp³-hybridized carbons (Fsp3) is 0.778. The molecule has 0 aliphatic heterocycles. The maximum atomic E-state index is 11.1. The average molecular weight is 185 g/mol. The Bertz CT molecular complexity index is 207. The van der Waals surface area contributed by atoms with Crippen LogP contribution in [0.1, 0.15) is 32.1 Å². The van der Waals surface area contributed by atoms with Gasteiger partial charge in [0.2, 0.25) is 0 Å². The average Bonchev–Trinajstić information content (AvgIpc) is 2.20. The molecule has 0 aromatic carbocycles. The number of hydrogen-bond acceptors (Lipinski definition) is 4. The highest BCUT2D eigenvalue weighted by atomic mass is 16.5.